The number of piperazine rings is 1. The fraction of sp³-hybridized carbons (Fsp3) is 0.353. The zero-order valence-corrected chi connectivity index (χ0v) is 13.5. The molecule has 0 bridgehead atoms. The minimum absolute atomic E-state index is 0.0398. The van der Waals surface area contributed by atoms with Crippen molar-refractivity contribution in [2.75, 3.05) is 39.3 Å². The number of ether oxygens (including phenoxy) is 1. The number of furan rings is 1. The molecule has 1 aromatic heterocycles. The van der Waals surface area contributed by atoms with Gasteiger partial charge in [-0.25, -0.2) is 0 Å². The van der Waals surface area contributed by atoms with Crippen molar-refractivity contribution in [1.29, 1.82) is 0 Å². The van der Waals surface area contributed by atoms with Crippen LogP contribution in [0.2, 0.25) is 5.02 Å². The second-order valence-electron chi connectivity index (χ2n) is 5.39. The van der Waals surface area contributed by atoms with Gasteiger partial charge < -0.3 is 14.1 Å². The molecule has 1 aliphatic heterocycles. The summed E-state index contributed by atoms with van der Waals surface area (Å²) in [6, 6.07) is 10.9. The number of hydrogen-bond acceptors (Lipinski definition) is 4. The third kappa shape index (κ3) is 4.06. The Bertz CT molecular complexity index is 637. The van der Waals surface area contributed by atoms with Crippen LogP contribution in [-0.2, 0) is 0 Å². The Balaban J connectivity index is 1.41. The van der Waals surface area contributed by atoms with Crippen LogP contribution in [0, 0.1) is 0 Å². The van der Waals surface area contributed by atoms with Gasteiger partial charge in [0.25, 0.3) is 5.91 Å². The van der Waals surface area contributed by atoms with Gasteiger partial charge in [0.05, 0.1) is 11.3 Å². The van der Waals surface area contributed by atoms with Crippen molar-refractivity contribution in [3.05, 3.63) is 53.4 Å². The van der Waals surface area contributed by atoms with E-state index < -0.39 is 0 Å². The lowest BCUT2D eigenvalue weighted by atomic mass is 10.3. The Labute approximate surface area is 140 Å². The normalized spacial score (nSPS) is 15.6. The lowest BCUT2D eigenvalue weighted by Gasteiger charge is -2.34. The minimum atomic E-state index is -0.0398. The molecule has 6 heteroatoms. The maximum atomic E-state index is 12.2. The quantitative estimate of drug-likeness (QED) is 0.843. The first kappa shape index (κ1) is 15.9. The van der Waals surface area contributed by atoms with Crippen LogP contribution in [0.3, 0.4) is 0 Å². The molecular formula is C17H19ClN2O3. The van der Waals surface area contributed by atoms with Crippen LogP contribution < -0.4 is 4.74 Å². The maximum Gasteiger partial charge on any atom is 0.289 e. The van der Waals surface area contributed by atoms with Crippen LogP contribution in [-0.4, -0.2) is 55.0 Å². The molecule has 2 aromatic rings. The van der Waals surface area contributed by atoms with E-state index in [1.165, 1.54) is 6.26 Å². The first-order valence-electron chi connectivity index (χ1n) is 7.66. The third-order valence-corrected chi connectivity index (χ3v) is 4.21. The molecule has 1 fully saturated rings. The lowest BCUT2D eigenvalue weighted by Crippen LogP contribution is -2.49. The van der Waals surface area contributed by atoms with Gasteiger partial charge in [-0.1, -0.05) is 23.7 Å². The summed E-state index contributed by atoms with van der Waals surface area (Å²) in [6.07, 6.45) is 1.52. The first-order valence-corrected chi connectivity index (χ1v) is 8.04. The van der Waals surface area contributed by atoms with E-state index in [4.69, 9.17) is 20.8 Å². The predicted molar refractivity (Wildman–Crippen MR) is 88.0 cm³/mol. The highest BCUT2D eigenvalue weighted by molar-refractivity contribution is 6.32. The Morgan fingerprint density at radius 1 is 1.13 bits per heavy atom. The molecular weight excluding hydrogens is 316 g/mol. The molecule has 1 aliphatic rings. The number of carbonyl (C=O) groups excluding carboxylic acids is 1. The van der Waals surface area contributed by atoms with Gasteiger partial charge in [-0.15, -0.1) is 0 Å². The highest BCUT2D eigenvalue weighted by Gasteiger charge is 2.23. The zero-order valence-electron chi connectivity index (χ0n) is 12.8. The van der Waals surface area contributed by atoms with Gasteiger partial charge in [0.15, 0.2) is 5.76 Å². The van der Waals surface area contributed by atoms with E-state index in [-0.39, 0.29) is 5.91 Å². The maximum absolute atomic E-state index is 12.2. The van der Waals surface area contributed by atoms with Gasteiger partial charge in [0.1, 0.15) is 12.4 Å². The summed E-state index contributed by atoms with van der Waals surface area (Å²) in [5, 5.41) is 0.626. The minimum Gasteiger partial charge on any atom is -0.491 e. The smallest absolute Gasteiger partial charge is 0.289 e. The number of carbonyl (C=O) groups is 1. The molecule has 0 spiro atoms. The number of hydrogen-bond donors (Lipinski definition) is 0. The number of para-hydroxylation sites is 1. The van der Waals surface area contributed by atoms with Crippen molar-refractivity contribution < 1.29 is 13.9 Å². The summed E-state index contributed by atoms with van der Waals surface area (Å²) in [7, 11) is 0. The van der Waals surface area contributed by atoms with Crippen LogP contribution in [0.25, 0.3) is 0 Å². The van der Waals surface area contributed by atoms with Crippen molar-refractivity contribution in [2.45, 2.75) is 0 Å². The van der Waals surface area contributed by atoms with Crippen LogP contribution in [0.15, 0.2) is 47.1 Å². The Morgan fingerprint density at radius 2 is 1.91 bits per heavy atom. The van der Waals surface area contributed by atoms with Crippen LogP contribution in [0.5, 0.6) is 5.75 Å². The Morgan fingerprint density at radius 3 is 2.61 bits per heavy atom. The summed E-state index contributed by atoms with van der Waals surface area (Å²) in [5.41, 5.74) is 0. The largest absolute Gasteiger partial charge is 0.491 e. The monoisotopic (exact) mass is 334 g/mol. The molecule has 2 heterocycles. The molecule has 0 N–H and O–H groups in total. The van der Waals surface area contributed by atoms with Gasteiger partial charge in [-0.3, -0.25) is 9.69 Å². The Kier molecular flexibility index (Phi) is 5.20. The first-order chi connectivity index (χ1) is 11.2. The summed E-state index contributed by atoms with van der Waals surface area (Å²) in [5.74, 6) is 1.07. The fourth-order valence-electron chi connectivity index (χ4n) is 2.58. The molecule has 1 saturated heterocycles. The van der Waals surface area contributed by atoms with Crippen LogP contribution in [0.1, 0.15) is 10.6 Å². The molecule has 3 rings (SSSR count). The molecule has 0 unspecified atom stereocenters. The summed E-state index contributed by atoms with van der Waals surface area (Å²) < 4.78 is 10.9. The Hall–Kier alpha value is -1.98. The average Bonchev–Trinajstić information content (AvgIpc) is 3.11. The standard InChI is InChI=1S/C17H19ClN2O3/c18-14-4-1-2-5-15(14)23-13-11-19-7-9-20(10-8-19)17(21)16-6-3-12-22-16/h1-6,12H,7-11,13H2. The van der Waals surface area contributed by atoms with Crippen LogP contribution in [0.4, 0.5) is 0 Å². The van der Waals surface area contributed by atoms with Crippen molar-refractivity contribution in [1.82, 2.24) is 9.80 Å². The molecule has 0 atom stereocenters. The average molecular weight is 335 g/mol. The second-order valence-corrected chi connectivity index (χ2v) is 5.80. The highest BCUT2D eigenvalue weighted by Crippen LogP contribution is 2.22. The van der Waals surface area contributed by atoms with Crippen molar-refractivity contribution in [2.24, 2.45) is 0 Å². The molecule has 1 aromatic carbocycles. The zero-order chi connectivity index (χ0) is 16.1. The summed E-state index contributed by atoms with van der Waals surface area (Å²) in [4.78, 5) is 16.3. The molecule has 23 heavy (non-hydrogen) atoms. The predicted octanol–water partition coefficient (Wildman–Crippen LogP) is 2.77. The number of halogens is 1. The van der Waals surface area contributed by atoms with Gasteiger partial charge in [0.2, 0.25) is 0 Å². The highest BCUT2D eigenvalue weighted by atomic mass is 35.5. The van der Waals surface area contributed by atoms with E-state index >= 15 is 0 Å². The molecule has 1 amide bonds. The lowest BCUT2D eigenvalue weighted by molar-refractivity contribution is 0.0590. The van der Waals surface area contributed by atoms with Gasteiger partial charge in [-0.2, -0.15) is 0 Å². The fourth-order valence-corrected chi connectivity index (χ4v) is 2.77. The van der Waals surface area contributed by atoms with Gasteiger partial charge >= 0.3 is 0 Å². The molecule has 0 radical (unpaired) electrons. The van der Waals surface area contributed by atoms with Crippen LogP contribution >= 0.6 is 11.6 Å². The van der Waals surface area contributed by atoms with E-state index in [1.807, 2.05) is 29.2 Å². The second kappa shape index (κ2) is 7.53. The number of nitrogens with zero attached hydrogens (tertiary/aromatic N) is 2. The van der Waals surface area contributed by atoms with Gasteiger partial charge in [0, 0.05) is 32.7 Å². The van der Waals surface area contributed by atoms with Crippen molar-refractivity contribution in [3.63, 3.8) is 0 Å². The molecule has 0 saturated carbocycles. The number of rotatable bonds is 5. The molecule has 122 valence electrons. The van der Waals surface area contributed by atoms with E-state index in [9.17, 15) is 4.79 Å². The van der Waals surface area contributed by atoms with E-state index in [0.29, 0.717) is 36.2 Å². The SMILES string of the molecule is O=C(c1ccco1)N1CCN(CCOc2ccccc2Cl)CC1. The third-order valence-electron chi connectivity index (χ3n) is 3.89. The number of benzene rings is 1. The molecule has 0 aliphatic carbocycles. The van der Waals surface area contributed by atoms with E-state index in [2.05, 4.69) is 4.90 Å². The molecule has 5 nitrogen and oxygen atoms in total. The van der Waals surface area contributed by atoms with Crippen molar-refractivity contribution in [3.8, 4) is 5.75 Å². The summed E-state index contributed by atoms with van der Waals surface area (Å²) in [6.45, 7) is 4.46. The van der Waals surface area contributed by atoms with Gasteiger partial charge in [-0.05, 0) is 24.3 Å². The topological polar surface area (TPSA) is 45.9 Å². The van der Waals surface area contributed by atoms with Crippen molar-refractivity contribution >= 4 is 17.5 Å². The van der Waals surface area contributed by atoms with E-state index in [1.54, 1.807) is 12.1 Å². The number of amides is 1. The summed E-state index contributed by atoms with van der Waals surface area (Å²) >= 11 is 6.06. The van der Waals surface area contributed by atoms with E-state index in [0.717, 1.165) is 19.6 Å².